The van der Waals surface area contributed by atoms with Crippen molar-refractivity contribution in [3.63, 3.8) is 0 Å². The molecule has 2 atom stereocenters. The van der Waals surface area contributed by atoms with Gasteiger partial charge in [-0.15, -0.1) is 0 Å². The van der Waals surface area contributed by atoms with E-state index in [1.54, 1.807) is 7.11 Å². The topological polar surface area (TPSA) is 29.5 Å². The summed E-state index contributed by atoms with van der Waals surface area (Å²) in [7, 11) is 1.73. The lowest BCUT2D eigenvalue weighted by Crippen LogP contribution is -2.35. The van der Waals surface area contributed by atoms with Crippen LogP contribution in [0.5, 0.6) is 0 Å². The predicted octanol–water partition coefficient (Wildman–Crippen LogP) is 3.62. The second-order valence-electron chi connectivity index (χ2n) is 5.55. The van der Waals surface area contributed by atoms with E-state index in [0.717, 1.165) is 24.8 Å². The molecule has 0 heterocycles. The molecule has 2 aromatic rings. The molecular formula is C17H20O2. The highest BCUT2D eigenvalue weighted by atomic mass is 16.5. The van der Waals surface area contributed by atoms with Gasteiger partial charge >= 0.3 is 0 Å². The number of hydrogen-bond donors (Lipinski definition) is 1. The zero-order chi connectivity index (χ0) is 13.3. The third-order valence-corrected chi connectivity index (χ3v) is 4.30. The van der Waals surface area contributed by atoms with Crippen molar-refractivity contribution in [2.75, 3.05) is 7.11 Å². The first-order valence-corrected chi connectivity index (χ1v) is 6.96. The maximum atomic E-state index is 10.9. The van der Waals surface area contributed by atoms with Crippen LogP contribution in [0.2, 0.25) is 0 Å². The number of fused-ring (bicyclic) bond motifs is 1. The highest BCUT2D eigenvalue weighted by Gasteiger charge is 2.36. The molecule has 19 heavy (non-hydrogen) atoms. The molecule has 0 bridgehead atoms. The van der Waals surface area contributed by atoms with Crippen LogP contribution in [0.3, 0.4) is 0 Å². The van der Waals surface area contributed by atoms with Gasteiger partial charge in [0.05, 0.1) is 11.7 Å². The third-order valence-electron chi connectivity index (χ3n) is 4.30. The molecular weight excluding hydrogens is 236 g/mol. The van der Waals surface area contributed by atoms with E-state index < -0.39 is 5.60 Å². The summed E-state index contributed by atoms with van der Waals surface area (Å²) < 4.78 is 5.44. The average Bonchev–Trinajstić information content (AvgIpc) is 2.46. The standard InChI is InChI=1S/C17H20O2/c1-19-16-7-4-10-17(18,12-16)15-9-8-13-5-2-3-6-14(13)11-15/h2-3,5-6,8-9,11,16,18H,4,7,10,12H2,1H3. The number of hydrogen-bond acceptors (Lipinski definition) is 2. The Hall–Kier alpha value is -1.38. The van der Waals surface area contributed by atoms with Crippen molar-refractivity contribution in [2.45, 2.75) is 37.4 Å². The fourth-order valence-corrected chi connectivity index (χ4v) is 3.15. The SMILES string of the molecule is COC1CCCC(O)(c2ccc3ccccc3c2)C1. The molecule has 0 aromatic heterocycles. The van der Waals surface area contributed by atoms with Gasteiger partial charge in [0.25, 0.3) is 0 Å². The monoisotopic (exact) mass is 256 g/mol. The minimum absolute atomic E-state index is 0.172. The largest absolute Gasteiger partial charge is 0.385 e. The summed E-state index contributed by atoms with van der Waals surface area (Å²) in [6, 6.07) is 14.5. The Morgan fingerprint density at radius 1 is 1.16 bits per heavy atom. The Morgan fingerprint density at radius 2 is 1.95 bits per heavy atom. The van der Waals surface area contributed by atoms with Crippen LogP contribution in [0.25, 0.3) is 10.8 Å². The summed E-state index contributed by atoms with van der Waals surface area (Å²) in [5, 5.41) is 13.3. The molecule has 2 nitrogen and oxygen atoms in total. The molecule has 1 fully saturated rings. The fraction of sp³-hybridized carbons (Fsp3) is 0.412. The molecule has 2 aromatic carbocycles. The van der Waals surface area contributed by atoms with Gasteiger partial charge < -0.3 is 9.84 Å². The van der Waals surface area contributed by atoms with Crippen molar-refractivity contribution in [1.82, 2.24) is 0 Å². The first kappa shape index (κ1) is 12.6. The van der Waals surface area contributed by atoms with Gasteiger partial charge in [0.2, 0.25) is 0 Å². The molecule has 0 spiro atoms. The number of ether oxygens (including phenoxy) is 1. The fourth-order valence-electron chi connectivity index (χ4n) is 3.15. The molecule has 0 amide bonds. The van der Waals surface area contributed by atoms with Crippen LogP contribution in [-0.2, 0) is 10.3 Å². The minimum atomic E-state index is -0.733. The predicted molar refractivity (Wildman–Crippen MR) is 77.1 cm³/mol. The van der Waals surface area contributed by atoms with Crippen LogP contribution in [0.1, 0.15) is 31.2 Å². The van der Waals surface area contributed by atoms with Gasteiger partial charge in [0.1, 0.15) is 0 Å². The molecule has 100 valence electrons. The lowest BCUT2D eigenvalue weighted by Gasteiger charge is -2.36. The first-order valence-electron chi connectivity index (χ1n) is 6.96. The van der Waals surface area contributed by atoms with Crippen molar-refractivity contribution in [2.24, 2.45) is 0 Å². The summed E-state index contributed by atoms with van der Waals surface area (Å²) >= 11 is 0. The van der Waals surface area contributed by atoms with E-state index in [0.29, 0.717) is 6.42 Å². The molecule has 3 rings (SSSR count). The van der Waals surface area contributed by atoms with E-state index in [1.807, 2.05) is 12.1 Å². The van der Waals surface area contributed by atoms with Crippen LogP contribution < -0.4 is 0 Å². The minimum Gasteiger partial charge on any atom is -0.385 e. The van der Waals surface area contributed by atoms with Crippen molar-refractivity contribution in [1.29, 1.82) is 0 Å². The highest BCUT2D eigenvalue weighted by Crippen LogP contribution is 2.38. The van der Waals surface area contributed by atoms with Crippen LogP contribution in [0.15, 0.2) is 42.5 Å². The normalized spacial score (nSPS) is 27.6. The van der Waals surface area contributed by atoms with Crippen LogP contribution in [0.4, 0.5) is 0 Å². The summed E-state index contributed by atoms with van der Waals surface area (Å²) in [4.78, 5) is 0. The average molecular weight is 256 g/mol. The Labute approximate surface area is 114 Å². The zero-order valence-electron chi connectivity index (χ0n) is 11.3. The lowest BCUT2D eigenvalue weighted by molar-refractivity contribution is -0.0631. The van der Waals surface area contributed by atoms with E-state index in [1.165, 1.54) is 10.8 Å². The smallest absolute Gasteiger partial charge is 0.0921 e. The third kappa shape index (κ3) is 2.38. The van der Waals surface area contributed by atoms with Gasteiger partial charge in [0.15, 0.2) is 0 Å². The number of methoxy groups -OCH3 is 1. The van der Waals surface area contributed by atoms with E-state index in [2.05, 4.69) is 30.3 Å². The molecule has 2 heteroatoms. The van der Waals surface area contributed by atoms with Crippen LogP contribution in [-0.4, -0.2) is 18.3 Å². The number of rotatable bonds is 2. The maximum Gasteiger partial charge on any atom is 0.0921 e. The Kier molecular flexibility index (Phi) is 3.29. The molecule has 1 aliphatic carbocycles. The van der Waals surface area contributed by atoms with Gasteiger partial charge in [-0.3, -0.25) is 0 Å². The van der Waals surface area contributed by atoms with Crippen LogP contribution in [0, 0.1) is 0 Å². The molecule has 1 saturated carbocycles. The van der Waals surface area contributed by atoms with Gasteiger partial charge in [0, 0.05) is 13.5 Å². The molecule has 0 saturated heterocycles. The molecule has 0 aliphatic heterocycles. The summed E-state index contributed by atoms with van der Waals surface area (Å²) in [5.41, 5.74) is 0.288. The first-order chi connectivity index (χ1) is 9.21. The van der Waals surface area contributed by atoms with Gasteiger partial charge in [-0.1, -0.05) is 36.4 Å². The summed E-state index contributed by atoms with van der Waals surface area (Å²) in [5.74, 6) is 0. The molecule has 1 N–H and O–H groups in total. The Bertz CT molecular complexity index is 578. The van der Waals surface area contributed by atoms with Crippen LogP contribution >= 0.6 is 0 Å². The van der Waals surface area contributed by atoms with Gasteiger partial charge in [-0.25, -0.2) is 0 Å². The Morgan fingerprint density at radius 3 is 2.74 bits per heavy atom. The summed E-state index contributed by atoms with van der Waals surface area (Å²) in [6.45, 7) is 0. The second-order valence-corrected chi connectivity index (χ2v) is 5.55. The molecule has 0 radical (unpaired) electrons. The molecule has 2 unspecified atom stereocenters. The Balaban J connectivity index is 1.98. The van der Waals surface area contributed by atoms with E-state index in [9.17, 15) is 5.11 Å². The van der Waals surface area contributed by atoms with E-state index >= 15 is 0 Å². The number of benzene rings is 2. The quantitative estimate of drug-likeness (QED) is 0.889. The summed E-state index contributed by atoms with van der Waals surface area (Å²) in [6.07, 6.45) is 3.76. The maximum absolute atomic E-state index is 10.9. The van der Waals surface area contributed by atoms with Crippen molar-refractivity contribution in [3.8, 4) is 0 Å². The number of aliphatic hydroxyl groups is 1. The van der Waals surface area contributed by atoms with E-state index in [4.69, 9.17) is 4.74 Å². The van der Waals surface area contributed by atoms with Gasteiger partial charge in [-0.05, 0) is 41.7 Å². The van der Waals surface area contributed by atoms with Crippen molar-refractivity contribution in [3.05, 3.63) is 48.0 Å². The van der Waals surface area contributed by atoms with E-state index in [-0.39, 0.29) is 6.10 Å². The van der Waals surface area contributed by atoms with Crippen molar-refractivity contribution >= 4 is 10.8 Å². The zero-order valence-corrected chi connectivity index (χ0v) is 11.3. The highest BCUT2D eigenvalue weighted by molar-refractivity contribution is 5.83. The lowest BCUT2D eigenvalue weighted by atomic mass is 9.78. The van der Waals surface area contributed by atoms with Crippen molar-refractivity contribution < 1.29 is 9.84 Å². The van der Waals surface area contributed by atoms with Gasteiger partial charge in [-0.2, -0.15) is 0 Å². The second kappa shape index (κ2) is 4.95. The molecule has 1 aliphatic rings.